The fourth-order valence-electron chi connectivity index (χ4n) is 2.57. The Morgan fingerprint density at radius 3 is 2.45 bits per heavy atom. The molecule has 3 aromatic rings. The lowest BCUT2D eigenvalue weighted by Gasteiger charge is -2.10. The van der Waals surface area contributed by atoms with Gasteiger partial charge in [-0.3, -0.25) is 0 Å². The van der Waals surface area contributed by atoms with E-state index in [2.05, 4.69) is 5.16 Å². The van der Waals surface area contributed by atoms with Crippen LogP contribution in [0.3, 0.4) is 0 Å². The zero-order valence-corrected chi connectivity index (χ0v) is 17.2. The Morgan fingerprint density at radius 2 is 1.76 bits per heavy atom. The summed E-state index contributed by atoms with van der Waals surface area (Å²) in [7, 11) is 0. The summed E-state index contributed by atoms with van der Waals surface area (Å²) in [5.74, 6) is 2.49. The normalized spacial score (nSPS) is 10.6. The van der Waals surface area contributed by atoms with Crippen LogP contribution in [-0.2, 0) is 10.5 Å². The molecular weight excluding hydrogens is 390 g/mol. The van der Waals surface area contributed by atoms with Gasteiger partial charge in [0, 0.05) is 16.7 Å². The minimum absolute atomic E-state index is 0.160. The Kier molecular flexibility index (Phi) is 7.58. The second-order valence-corrected chi connectivity index (χ2v) is 7.12. The standard InChI is InChI=1S/C22H23NO5S/c1-3-25-18-8-10-19(11-9-18)26-12-13-27-22(24)20-6-4-5-7-21(20)29-15-17-14-16(2)28-23-17/h4-11,14H,3,12-13,15H2,1-2H3. The number of aromatic nitrogens is 1. The summed E-state index contributed by atoms with van der Waals surface area (Å²) in [6, 6.07) is 16.6. The van der Waals surface area contributed by atoms with Gasteiger partial charge in [0.2, 0.25) is 0 Å². The van der Waals surface area contributed by atoms with Crippen molar-refractivity contribution in [3.8, 4) is 11.5 Å². The zero-order chi connectivity index (χ0) is 20.5. The van der Waals surface area contributed by atoms with Gasteiger partial charge in [0.05, 0.1) is 17.9 Å². The van der Waals surface area contributed by atoms with Gasteiger partial charge in [0.25, 0.3) is 0 Å². The van der Waals surface area contributed by atoms with E-state index in [1.54, 1.807) is 6.07 Å². The van der Waals surface area contributed by atoms with Crippen molar-refractivity contribution < 1.29 is 23.5 Å². The van der Waals surface area contributed by atoms with Crippen molar-refractivity contribution in [2.45, 2.75) is 24.5 Å². The molecule has 2 aromatic carbocycles. The molecule has 0 saturated carbocycles. The van der Waals surface area contributed by atoms with Crippen molar-refractivity contribution in [3.63, 3.8) is 0 Å². The van der Waals surface area contributed by atoms with E-state index in [4.69, 9.17) is 18.7 Å². The van der Waals surface area contributed by atoms with Crippen LogP contribution in [0.5, 0.6) is 11.5 Å². The number of thioether (sulfide) groups is 1. The highest BCUT2D eigenvalue weighted by atomic mass is 32.2. The third kappa shape index (κ3) is 6.29. The number of aryl methyl sites for hydroxylation is 1. The Bertz CT molecular complexity index is 923. The second-order valence-electron chi connectivity index (χ2n) is 6.10. The van der Waals surface area contributed by atoms with E-state index >= 15 is 0 Å². The predicted octanol–water partition coefficient (Wildman–Crippen LogP) is 4.91. The lowest BCUT2D eigenvalue weighted by Crippen LogP contribution is -2.13. The molecule has 0 bridgehead atoms. The summed E-state index contributed by atoms with van der Waals surface area (Å²) < 4.78 is 21.4. The maximum absolute atomic E-state index is 12.5. The third-order valence-electron chi connectivity index (χ3n) is 3.88. The fraction of sp³-hybridized carbons (Fsp3) is 0.273. The highest BCUT2D eigenvalue weighted by Gasteiger charge is 2.13. The average molecular weight is 413 g/mol. The van der Waals surface area contributed by atoms with Crippen molar-refractivity contribution in [1.29, 1.82) is 0 Å². The molecule has 0 amide bonds. The highest BCUT2D eigenvalue weighted by molar-refractivity contribution is 7.98. The van der Waals surface area contributed by atoms with Crippen LogP contribution in [0.4, 0.5) is 0 Å². The molecule has 1 aromatic heterocycles. The number of carbonyl (C=O) groups excluding carboxylic acids is 1. The summed E-state index contributed by atoms with van der Waals surface area (Å²) in [5, 5.41) is 3.97. The van der Waals surface area contributed by atoms with Crippen LogP contribution in [0.1, 0.15) is 28.7 Å². The summed E-state index contributed by atoms with van der Waals surface area (Å²) in [5.41, 5.74) is 1.36. The van der Waals surface area contributed by atoms with Crippen molar-refractivity contribution >= 4 is 17.7 Å². The average Bonchev–Trinajstić information content (AvgIpc) is 3.16. The summed E-state index contributed by atoms with van der Waals surface area (Å²) >= 11 is 1.52. The Morgan fingerprint density at radius 1 is 1.03 bits per heavy atom. The smallest absolute Gasteiger partial charge is 0.339 e. The molecule has 0 fully saturated rings. The van der Waals surface area contributed by atoms with E-state index in [1.807, 2.05) is 62.4 Å². The quantitative estimate of drug-likeness (QED) is 0.266. The third-order valence-corrected chi connectivity index (χ3v) is 4.99. The molecule has 0 unspecified atom stereocenters. The molecule has 0 atom stereocenters. The van der Waals surface area contributed by atoms with Crippen LogP contribution >= 0.6 is 11.8 Å². The van der Waals surface area contributed by atoms with Gasteiger partial charge in [-0.05, 0) is 50.2 Å². The van der Waals surface area contributed by atoms with Crippen LogP contribution in [0.25, 0.3) is 0 Å². The number of nitrogens with zero attached hydrogens (tertiary/aromatic N) is 1. The van der Waals surface area contributed by atoms with Crippen LogP contribution in [0, 0.1) is 6.92 Å². The molecule has 3 rings (SSSR count). The molecule has 0 saturated heterocycles. The largest absolute Gasteiger partial charge is 0.494 e. The molecule has 0 aliphatic heterocycles. The Labute approximate surface area is 174 Å². The van der Waals surface area contributed by atoms with Crippen LogP contribution in [-0.4, -0.2) is 30.9 Å². The first-order chi connectivity index (χ1) is 14.2. The van der Waals surface area contributed by atoms with Gasteiger partial charge in [0.1, 0.15) is 30.5 Å². The number of hydrogen-bond acceptors (Lipinski definition) is 7. The fourth-order valence-corrected chi connectivity index (χ4v) is 3.49. The molecule has 1 heterocycles. The molecule has 0 spiro atoms. The number of benzene rings is 2. The highest BCUT2D eigenvalue weighted by Crippen LogP contribution is 2.26. The van der Waals surface area contributed by atoms with Crippen molar-refractivity contribution in [1.82, 2.24) is 5.16 Å². The number of esters is 1. The molecule has 29 heavy (non-hydrogen) atoms. The first kappa shape index (κ1) is 20.8. The van der Waals surface area contributed by atoms with E-state index < -0.39 is 0 Å². The van der Waals surface area contributed by atoms with Gasteiger partial charge in [-0.25, -0.2) is 4.79 Å². The summed E-state index contributed by atoms with van der Waals surface area (Å²) in [4.78, 5) is 13.3. The van der Waals surface area contributed by atoms with Crippen molar-refractivity contribution in [2.75, 3.05) is 19.8 Å². The van der Waals surface area contributed by atoms with Crippen LogP contribution in [0.2, 0.25) is 0 Å². The van der Waals surface area contributed by atoms with Gasteiger partial charge >= 0.3 is 5.97 Å². The number of carbonyl (C=O) groups is 1. The maximum atomic E-state index is 12.5. The van der Waals surface area contributed by atoms with E-state index in [0.29, 0.717) is 23.7 Å². The number of ether oxygens (including phenoxy) is 3. The lowest BCUT2D eigenvalue weighted by molar-refractivity contribution is 0.0446. The maximum Gasteiger partial charge on any atom is 0.339 e. The minimum Gasteiger partial charge on any atom is -0.494 e. The first-order valence-electron chi connectivity index (χ1n) is 9.32. The van der Waals surface area contributed by atoms with Gasteiger partial charge in [0.15, 0.2) is 0 Å². The number of rotatable bonds is 10. The Hall–Kier alpha value is -2.93. The number of hydrogen-bond donors (Lipinski definition) is 0. The van der Waals surface area contributed by atoms with E-state index in [-0.39, 0.29) is 19.2 Å². The van der Waals surface area contributed by atoms with Gasteiger partial charge in [-0.1, -0.05) is 17.3 Å². The lowest BCUT2D eigenvalue weighted by atomic mass is 10.2. The monoisotopic (exact) mass is 413 g/mol. The molecule has 0 aliphatic rings. The Balaban J connectivity index is 1.47. The summed E-state index contributed by atoms with van der Waals surface area (Å²) in [6.07, 6.45) is 0. The first-order valence-corrected chi connectivity index (χ1v) is 10.3. The molecule has 152 valence electrons. The SMILES string of the molecule is CCOc1ccc(OCCOC(=O)c2ccccc2SCc2cc(C)on2)cc1. The molecule has 0 N–H and O–H groups in total. The van der Waals surface area contributed by atoms with E-state index in [1.165, 1.54) is 11.8 Å². The predicted molar refractivity (Wildman–Crippen MR) is 111 cm³/mol. The van der Waals surface area contributed by atoms with Crippen molar-refractivity contribution in [2.24, 2.45) is 0 Å². The minimum atomic E-state index is -0.375. The van der Waals surface area contributed by atoms with Gasteiger partial charge < -0.3 is 18.7 Å². The topological polar surface area (TPSA) is 70.8 Å². The van der Waals surface area contributed by atoms with Gasteiger partial charge in [-0.15, -0.1) is 11.8 Å². The molecular formula is C22H23NO5S. The van der Waals surface area contributed by atoms with Gasteiger partial charge in [-0.2, -0.15) is 0 Å². The van der Waals surface area contributed by atoms with Crippen LogP contribution < -0.4 is 9.47 Å². The summed E-state index contributed by atoms with van der Waals surface area (Å²) in [6.45, 7) is 4.83. The van der Waals surface area contributed by atoms with Crippen LogP contribution in [0.15, 0.2) is 64.0 Å². The molecule has 0 aliphatic carbocycles. The molecule has 7 heteroatoms. The molecule has 6 nitrogen and oxygen atoms in total. The van der Waals surface area contributed by atoms with E-state index in [0.717, 1.165) is 22.1 Å². The van der Waals surface area contributed by atoms with Crippen molar-refractivity contribution in [3.05, 3.63) is 71.6 Å². The second kappa shape index (κ2) is 10.6. The van der Waals surface area contributed by atoms with E-state index in [9.17, 15) is 4.79 Å². The zero-order valence-electron chi connectivity index (χ0n) is 16.4. The molecule has 0 radical (unpaired) electrons.